The van der Waals surface area contributed by atoms with Gasteiger partial charge in [0.2, 0.25) is 11.6 Å². The second-order valence-electron chi connectivity index (χ2n) is 4.35. The quantitative estimate of drug-likeness (QED) is 0.593. The Morgan fingerprint density at radius 3 is 2.73 bits per heavy atom. The molecule has 7 nitrogen and oxygen atoms in total. The Kier molecular flexibility index (Phi) is 5.21. The molecule has 0 radical (unpaired) electrons. The molecule has 0 amide bonds. The Morgan fingerprint density at radius 1 is 1.36 bits per heavy atom. The molecular formula is C13H13BrFN5O2. The Morgan fingerprint density at radius 2 is 2.09 bits per heavy atom. The summed E-state index contributed by atoms with van der Waals surface area (Å²) in [5.41, 5.74) is -0.232. The smallest absolute Gasteiger partial charge is 0.353 e. The lowest BCUT2D eigenvalue weighted by molar-refractivity contribution is -0.383. The largest absolute Gasteiger partial charge is 0.364 e. The number of hydrogen-bond acceptors (Lipinski definition) is 6. The third-order valence-electron chi connectivity index (χ3n) is 2.73. The molecule has 1 aromatic heterocycles. The van der Waals surface area contributed by atoms with Crippen molar-refractivity contribution in [2.24, 2.45) is 0 Å². The van der Waals surface area contributed by atoms with E-state index in [1.165, 1.54) is 18.5 Å². The van der Waals surface area contributed by atoms with Crippen LogP contribution in [0.25, 0.3) is 0 Å². The van der Waals surface area contributed by atoms with Gasteiger partial charge in [-0.05, 0) is 24.6 Å². The van der Waals surface area contributed by atoms with Crippen molar-refractivity contribution in [2.45, 2.75) is 13.3 Å². The van der Waals surface area contributed by atoms with E-state index in [-0.39, 0.29) is 23.0 Å². The molecule has 2 N–H and O–H groups in total. The van der Waals surface area contributed by atoms with Crippen LogP contribution in [0.2, 0.25) is 0 Å². The summed E-state index contributed by atoms with van der Waals surface area (Å²) in [5, 5.41) is 16.8. The molecule has 0 bridgehead atoms. The highest BCUT2D eigenvalue weighted by atomic mass is 79.9. The first kappa shape index (κ1) is 16.1. The average Bonchev–Trinajstić information content (AvgIpc) is 2.47. The van der Waals surface area contributed by atoms with Gasteiger partial charge in [0.1, 0.15) is 12.1 Å². The van der Waals surface area contributed by atoms with E-state index in [0.717, 1.165) is 6.42 Å². The highest BCUT2D eigenvalue weighted by molar-refractivity contribution is 9.10. The summed E-state index contributed by atoms with van der Waals surface area (Å²) >= 11 is 3.15. The van der Waals surface area contributed by atoms with E-state index in [9.17, 15) is 14.5 Å². The van der Waals surface area contributed by atoms with Crippen molar-refractivity contribution in [1.82, 2.24) is 9.97 Å². The maximum Gasteiger partial charge on any atom is 0.353 e. The first-order valence-electron chi connectivity index (χ1n) is 6.48. The Bertz CT molecular complexity index is 698. The maximum absolute atomic E-state index is 13.9. The zero-order chi connectivity index (χ0) is 16.1. The topological polar surface area (TPSA) is 93.0 Å². The van der Waals surface area contributed by atoms with Crippen molar-refractivity contribution in [2.75, 3.05) is 17.2 Å². The number of nitrogens with one attached hydrogen (secondary N) is 2. The monoisotopic (exact) mass is 369 g/mol. The minimum Gasteiger partial charge on any atom is -0.364 e. The van der Waals surface area contributed by atoms with Crippen LogP contribution in [0.4, 0.5) is 27.4 Å². The zero-order valence-corrected chi connectivity index (χ0v) is 13.2. The SMILES string of the molecule is CCCNc1ncnc(Nc2ccc(Br)cc2F)c1[N+](=O)[O-]. The Balaban J connectivity index is 2.39. The minimum atomic E-state index is -0.600. The summed E-state index contributed by atoms with van der Waals surface area (Å²) in [6.07, 6.45) is 1.97. The molecule has 0 saturated carbocycles. The average molecular weight is 370 g/mol. The van der Waals surface area contributed by atoms with Crippen molar-refractivity contribution in [3.05, 3.63) is 44.9 Å². The molecule has 0 aliphatic heterocycles. The van der Waals surface area contributed by atoms with Crippen molar-refractivity contribution in [1.29, 1.82) is 0 Å². The van der Waals surface area contributed by atoms with Crippen molar-refractivity contribution >= 4 is 38.9 Å². The van der Waals surface area contributed by atoms with Gasteiger partial charge >= 0.3 is 5.69 Å². The Labute approximate surface area is 134 Å². The van der Waals surface area contributed by atoms with E-state index in [1.807, 2.05) is 6.92 Å². The van der Waals surface area contributed by atoms with Gasteiger partial charge in [-0.2, -0.15) is 0 Å². The van der Waals surface area contributed by atoms with Crippen LogP contribution in [-0.2, 0) is 0 Å². The van der Waals surface area contributed by atoms with E-state index in [2.05, 4.69) is 36.5 Å². The normalized spacial score (nSPS) is 10.3. The number of aromatic nitrogens is 2. The molecule has 2 aromatic rings. The number of nitro groups is 1. The van der Waals surface area contributed by atoms with E-state index in [0.29, 0.717) is 11.0 Å². The van der Waals surface area contributed by atoms with Gasteiger partial charge in [-0.15, -0.1) is 0 Å². The third kappa shape index (κ3) is 3.67. The molecular weight excluding hydrogens is 357 g/mol. The van der Waals surface area contributed by atoms with Crippen LogP contribution in [0.5, 0.6) is 0 Å². The van der Waals surface area contributed by atoms with Crippen molar-refractivity contribution in [3.63, 3.8) is 0 Å². The fraction of sp³-hybridized carbons (Fsp3) is 0.231. The summed E-state index contributed by atoms with van der Waals surface area (Å²) in [7, 11) is 0. The van der Waals surface area contributed by atoms with E-state index in [1.54, 1.807) is 6.07 Å². The number of anilines is 3. The zero-order valence-electron chi connectivity index (χ0n) is 11.6. The summed E-state index contributed by atoms with van der Waals surface area (Å²) in [6.45, 7) is 2.46. The molecule has 9 heteroatoms. The van der Waals surface area contributed by atoms with Crippen LogP contribution in [0.15, 0.2) is 29.0 Å². The van der Waals surface area contributed by atoms with E-state index >= 15 is 0 Å². The van der Waals surface area contributed by atoms with Crippen LogP contribution < -0.4 is 10.6 Å². The molecule has 0 aliphatic carbocycles. The molecule has 0 unspecified atom stereocenters. The fourth-order valence-corrected chi connectivity index (χ4v) is 2.07. The summed E-state index contributed by atoms with van der Waals surface area (Å²) in [6, 6.07) is 4.34. The predicted molar refractivity (Wildman–Crippen MR) is 84.8 cm³/mol. The van der Waals surface area contributed by atoms with Gasteiger partial charge in [0.05, 0.1) is 10.6 Å². The lowest BCUT2D eigenvalue weighted by Gasteiger charge is -2.10. The highest BCUT2D eigenvalue weighted by Gasteiger charge is 2.23. The van der Waals surface area contributed by atoms with Crippen LogP contribution in [0.3, 0.4) is 0 Å². The molecule has 0 fully saturated rings. The van der Waals surface area contributed by atoms with Crippen LogP contribution in [-0.4, -0.2) is 21.4 Å². The van der Waals surface area contributed by atoms with Crippen LogP contribution in [0, 0.1) is 15.9 Å². The summed E-state index contributed by atoms with van der Waals surface area (Å²) in [4.78, 5) is 18.4. The van der Waals surface area contributed by atoms with E-state index in [4.69, 9.17) is 0 Å². The summed E-state index contributed by atoms with van der Waals surface area (Å²) < 4.78 is 14.4. The highest BCUT2D eigenvalue weighted by Crippen LogP contribution is 2.32. The van der Waals surface area contributed by atoms with Crippen molar-refractivity contribution in [3.8, 4) is 0 Å². The second-order valence-corrected chi connectivity index (χ2v) is 5.27. The van der Waals surface area contributed by atoms with E-state index < -0.39 is 10.7 Å². The molecule has 22 heavy (non-hydrogen) atoms. The lowest BCUT2D eigenvalue weighted by Crippen LogP contribution is -2.09. The van der Waals surface area contributed by atoms with Crippen LogP contribution >= 0.6 is 15.9 Å². The van der Waals surface area contributed by atoms with Gasteiger partial charge in [-0.1, -0.05) is 22.9 Å². The molecule has 0 aliphatic rings. The first-order valence-corrected chi connectivity index (χ1v) is 7.27. The summed E-state index contributed by atoms with van der Waals surface area (Å²) in [5.74, 6) is -0.521. The van der Waals surface area contributed by atoms with Gasteiger partial charge in [-0.25, -0.2) is 14.4 Å². The molecule has 0 spiro atoms. The van der Waals surface area contributed by atoms with Gasteiger partial charge in [0.15, 0.2) is 0 Å². The fourth-order valence-electron chi connectivity index (χ4n) is 1.73. The molecule has 1 aromatic carbocycles. The predicted octanol–water partition coefficient (Wildman–Crippen LogP) is 3.85. The van der Waals surface area contributed by atoms with Gasteiger partial charge in [0, 0.05) is 11.0 Å². The standard InChI is InChI=1S/C13H13BrFN5O2/c1-2-5-16-12-11(20(21)22)13(18-7-17-12)19-10-4-3-8(14)6-9(10)15/h3-4,6-7H,2,5H2,1H3,(H2,16,17,18,19). The third-order valence-corrected chi connectivity index (χ3v) is 3.22. The molecule has 0 atom stereocenters. The maximum atomic E-state index is 13.9. The number of rotatable bonds is 6. The Hall–Kier alpha value is -2.29. The number of benzene rings is 1. The van der Waals surface area contributed by atoms with Gasteiger partial charge < -0.3 is 10.6 Å². The second kappa shape index (κ2) is 7.12. The molecule has 116 valence electrons. The van der Waals surface area contributed by atoms with Crippen molar-refractivity contribution < 1.29 is 9.31 Å². The number of halogens is 2. The van der Waals surface area contributed by atoms with Gasteiger partial charge in [0.25, 0.3) is 0 Å². The number of nitrogens with zero attached hydrogens (tertiary/aromatic N) is 3. The number of hydrogen-bond donors (Lipinski definition) is 2. The van der Waals surface area contributed by atoms with Crippen LogP contribution in [0.1, 0.15) is 13.3 Å². The van der Waals surface area contributed by atoms with Gasteiger partial charge in [-0.3, -0.25) is 10.1 Å². The molecule has 1 heterocycles. The lowest BCUT2D eigenvalue weighted by atomic mass is 10.3. The molecule has 0 saturated heterocycles. The first-order chi connectivity index (χ1) is 10.5. The molecule has 2 rings (SSSR count). The minimum absolute atomic E-state index is 0.0696.